The summed E-state index contributed by atoms with van der Waals surface area (Å²) >= 11 is 1.84. The Morgan fingerprint density at radius 3 is 2.75 bits per heavy atom. The van der Waals surface area contributed by atoms with Crippen molar-refractivity contribution in [3.63, 3.8) is 0 Å². The summed E-state index contributed by atoms with van der Waals surface area (Å²) in [7, 11) is 0. The molecule has 0 unspecified atom stereocenters. The average molecular weight is 294 g/mol. The number of aliphatic carboxylic acids is 1. The fraction of sp³-hybridized carbons (Fsp3) is 0.438. The van der Waals surface area contributed by atoms with E-state index in [0.29, 0.717) is 22.1 Å². The smallest absolute Gasteiger partial charge is 0.328 e. The van der Waals surface area contributed by atoms with E-state index in [-0.39, 0.29) is 5.82 Å². The fourth-order valence-electron chi connectivity index (χ4n) is 2.39. The number of rotatable bonds is 5. The summed E-state index contributed by atoms with van der Waals surface area (Å²) in [6.07, 6.45) is 8.82. The van der Waals surface area contributed by atoms with Gasteiger partial charge in [-0.3, -0.25) is 0 Å². The van der Waals surface area contributed by atoms with Crippen molar-refractivity contribution in [3.8, 4) is 0 Å². The van der Waals surface area contributed by atoms with Crippen molar-refractivity contribution >= 4 is 23.8 Å². The number of carboxylic acids is 1. The summed E-state index contributed by atoms with van der Waals surface area (Å²) in [4.78, 5) is 10.4. The van der Waals surface area contributed by atoms with E-state index in [0.717, 1.165) is 6.08 Å². The highest BCUT2D eigenvalue weighted by Gasteiger charge is 2.14. The largest absolute Gasteiger partial charge is 0.478 e. The summed E-state index contributed by atoms with van der Waals surface area (Å²) in [5.74, 6) is -0.581. The van der Waals surface area contributed by atoms with Crippen molar-refractivity contribution in [2.45, 2.75) is 43.1 Å². The Balaban J connectivity index is 1.93. The molecule has 4 heteroatoms. The molecular weight excluding hydrogens is 275 g/mol. The first-order valence-corrected chi connectivity index (χ1v) is 8.01. The van der Waals surface area contributed by atoms with Crippen molar-refractivity contribution in [3.05, 3.63) is 41.2 Å². The molecular formula is C16H19FO2S. The Labute approximate surface area is 123 Å². The second kappa shape index (κ2) is 7.48. The third-order valence-electron chi connectivity index (χ3n) is 3.52. The van der Waals surface area contributed by atoms with Crippen LogP contribution in [0.2, 0.25) is 0 Å². The van der Waals surface area contributed by atoms with Gasteiger partial charge in [-0.2, -0.15) is 11.8 Å². The molecule has 20 heavy (non-hydrogen) atoms. The van der Waals surface area contributed by atoms with Gasteiger partial charge in [0.25, 0.3) is 0 Å². The van der Waals surface area contributed by atoms with E-state index in [1.54, 1.807) is 12.1 Å². The topological polar surface area (TPSA) is 37.3 Å². The lowest BCUT2D eigenvalue weighted by Gasteiger charge is -2.21. The average Bonchev–Trinajstić information content (AvgIpc) is 2.45. The highest BCUT2D eigenvalue weighted by Crippen LogP contribution is 2.31. The van der Waals surface area contributed by atoms with Gasteiger partial charge in [0, 0.05) is 17.1 Å². The molecule has 0 radical (unpaired) electrons. The fourth-order valence-corrected chi connectivity index (χ4v) is 3.71. The molecule has 1 aliphatic carbocycles. The van der Waals surface area contributed by atoms with Crippen molar-refractivity contribution < 1.29 is 14.3 Å². The van der Waals surface area contributed by atoms with Gasteiger partial charge in [0.05, 0.1) is 0 Å². The Hall–Kier alpha value is -1.29. The molecule has 1 aliphatic rings. The molecule has 1 aromatic carbocycles. The molecule has 1 saturated carbocycles. The molecule has 0 aromatic heterocycles. The van der Waals surface area contributed by atoms with Gasteiger partial charge in [-0.25, -0.2) is 9.18 Å². The van der Waals surface area contributed by atoms with Crippen LogP contribution >= 0.6 is 11.8 Å². The molecule has 108 valence electrons. The minimum atomic E-state index is -1.03. The van der Waals surface area contributed by atoms with Crippen LogP contribution < -0.4 is 0 Å². The van der Waals surface area contributed by atoms with Crippen LogP contribution in [-0.4, -0.2) is 16.3 Å². The van der Waals surface area contributed by atoms with Gasteiger partial charge in [-0.15, -0.1) is 0 Å². The third-order valence-corrected chi connectivity index (χ3v) is 4.94. The van der Waals surface area contributed by atoms with Crippen LogP contribution in [0, 0.1) is 5.82 Å². The Bertz CT molecular complexity index is 493. The number of carbonyl (C=O) groups is 1. The second-order valence-corrected chi connectivity index (χ2v) is 6.38. The van der Waals surface area contributed by atoms with Crippen LogP contribution in [0.15, 0.2) is 24.3 Å². The van der Waals surface area contributed by atoms with Gasteiger partial charge >= 0.3 is 5.97 Å². The van der Waals surface area contributed by atoms with E-state index in [1.165, 1.54) is 44.2 Å². The molecule has 0 spiro atoms. The number of benzene rings is 1. The maximum atomic E-state index is 13.9. The SMILES string of the molecule is O=C(O)C=Cc1ccc(CSC2CCCCC2)c(F)c1. The first-order chi connectivity index (χ1) is 9.65. The van der Waals surface area contributed by atoms with E-state index >= 15 is 0 Å². The molecule has 1 aromatic rings. The molecule has 2 rings (SSSR count). The van der Waals surface area contributed by atoms with E-state index in [1.807, 2.05) is 11.8 Å². The minimum absolute atomic E-state index is 0.249. The van der Waals surface area contributed by atoms with E-state index in [9.17, 15) is 9.18 Å². The van der Waals surface area contributed by atoms with Gasteiger partial charge in [0.2, 0.25) is 0 Å². The van der Waals surface area contributed by atoms with E-state index in [2.05, 4.69) is 0 Å². The normalized spacial score (nSPS) is 16.6. The standard InChI is InChI=1S/C16H19FO2S/c17-15-10-12(7-9-16(18)19)6-8-13(15)11-20-14-4-2-1-3-5-14/h6-10,14H,1-5,11H2,(H,18,19). The third kappa shape index (κ3) is 4.67. The Morgan fingerprint density at radius 1 is 1.35 bits per heavy atom. The number of thioether (sulfide) groups is 1. The zero-order valence-corrected chi connectivity index (χ0v) is 12.2. The Kier molecular flexibility index (Phi) is 5.65. The predicted molar refractivity (Wildman–Crippen MR) is 81.2 cm³/mol. The minimum Gasteiger partial charge on any atom is -0.478 e. The monoisotopic (exact) mass is 294 g/mol. The van der Waals surface area contributed by atoms with Crippen molar-refractivity contribution in [2.75, 3.05) is 0 Å². The predicted octanol–water partition coefficient (Wildman–Crippen LogP) is 4.49. The maximum Gasteiger partial charge on any atom is 0.328 e. The molecule has 0 saturated heterocycles. The van der Waals surface area contributed by atoms with E-state index < -0.39 is 5.97 Å². The van der Waals surface area contributed by atoms with Crippen molar-refractivity contribution in [1.29, 1.82) is 0 Å². The van der Waals surface area contributed by atoms with Crippen LogP contribution in [0.25, 0.3) is 6.08 Å². The van der Waals surface area contributed by atoms with Crippen LogP contribution in [0.5, 0.6) is 0 Å². The Morgan fingerprint density at radius 2 is 2.10 bits per heavy atom. The number of halogens is 1. The molecule has 0 bridgehead atoms. The number of hydrogen-bond acceptors (Lipinski definition) is 2. The number of hydrogen-bond donors (Lipinski definition) is 1. The molecule has 1 N–H and O–H groups in total. The lowest BCUT2D eigenvalue weighted by Crippen LogP contribution is -2.08. The zero-order valence-electron chi connectivity index (χ0n) is 11.3. The van der Waals surface area contributed by atoms with E-state index in [4.69, 9.17) is 5.11 Å². The lowest BCUT2D eigenvalue weighted by molar-refractivity contribution is -0.131. The molecule has 1 fully saturated rings. The van der Waals surface area contributed by atoms with Crippen LogP contribution in [-0.2, 0) is 10.5 Å². The zero-order chi connectivity index (χ0) is 14.4. The number of carboxylic acid groups (broad SMARTS) is 1. The summed E-state index contributed by atoms with van der Waals surface area (Å²) < 4.78 is 13.9. The second-order valence-electron chi connectivity index (χ2n) is 5.09. The first kappa shape index (κ1) is 15.1. The van der Waals surface area contributed by atoms with Gasteiger partial charge in [0.1, 0.15) is 5.82 Å². The molecule has 0 amide bonds. The lowest BCUT2D eigenvalue weighted by atomic mass is 10.0. The van der Waals surface area contributed by atoms with Gasteiger partial charge in [-0.05, 0) is 36.1 Å². The summed E-state index contributed by atoms with van der Waals surface area (Å²) in [5, 5.41) is 9.21. The quantitative estimate of drug-likeness (QED) is 0.813. The summed E-state index contributed by atoms with van der Waals surface area (Å²) in [5.41, 5.74) is 1.28. The van der Waals surface area contributed by atoms with Crippen LogP contribution in [0.4, 0.5) is 4.39 Å². The van der Waals surface area contributed by atoms with Crippen molar-refractivity contribution in [1.82, 2.24) is 0 Å². The first-order valence-electron chi connectivity index (χ1n) is 6.96. The highest BCUT2D eigenvalue weighted by molar-refractivity contribution is 7.99. The molecule has 0 aliphatic heterocycles. The summed E-state index contributed by atoms with van der Waals surface area (Å²) in [6, 6.07) is 4.92. The van der Waals surface area contributed by atoms with Gasteiger partial charge in [-0.1, -0.05) is 31.4 Å². The van der Waals surface area contributed by atoms with Crippen LogP contribution in [0.1, 0.15) is 43.2 Å². The molecule has 0 heterocycles. The molecule has 0 atom stereocenters. The highest BCUT2D eigenvalue weighted by atomic mass is 32.2. The van der Waals surface area contributed by atoms with Gasteiger partial charge in [0.15, 0.2) is 0 Å². The van der Waals surface area contributed by atoms with Gasteiger partial charge < -0.3 is 5.11 Å². The molecule has 2 nitrogen and oxygen atoms in total. The van der Waals surface area contributed by atoms with Crippen molar-refractivity contribution in [2.24, 2.45) is 0 Å². The maximum absolute atomic E-state index is 13.9. The van der Waals surface area contributed by atoms with Crippen LogP contribution in [0.3, 0.4) is 0 Å². The summed E-state index contributed by atoms with van der Waals surface area (Å²) in [6.45, 7) is 0.